The average Bonchev–Trinajstić information content (AvgIpc) is 3.33. The SMILES string of the molecule is N#Cc1ccsc1NC(=O)CCN1CCC[C@@H](c2nc3ccccc3s2)C1. The third kappa shape index (κ3) is 4.19. The summed E-state index contributed by atoms with van der Waals surface area (Å²) >= 11 is 3.18. The number of carbonyl (C=O) groups is 1. The van der Waals surface area contributed by atoms with Crippen LogP contribution in [0.3, 0.4) is 0 Å². The Balaban J connectivity index is 1.33. The molecule has 1 aliphatic heterocycles. The van der Waals surface area contributed by atoms with Crippen molar-refractivity contribution < 1.29 is 4.79 Å². The van der Waals surface area contributed by atoms with Crippen molar-refractivity contribution in [3.8, 4) is 6.07 Å². The first kappa shape index (κ1) is 18.1. The first-order valence-electron chi connectivity index (χ1n) is 9.08. The van der Waals surface area contributed by atoms with Gasteiger partial charge >= 0.3 is 0 Å². The highest BCUT2D eigenvalue weighted by Crippen LogP contribution is 2.33. The smallest absolute Gasteiger partial charge is 0.226 e. The fourth-order valence-electron chi connectivity index (χ4n) is 3.47. The van der Waals surface area contributed by atoms with E-state index in [-0.39, 0.29) is 5.91 Å². The van der Waals surface area contributed by atoms with Crippen LogP contribution in [0.25, 0.3) is 10.2 Å². The van der Waals surface area contributed by atoms with E-state index in [0.717, 1.165) is 38.0 Å². The Morgan fingerprint density at radius 1 is 1.37 bits per heavy atom. The Kier molecular flexibility index (Phi) is 5.48. The van der Waals surface area contributed by atoms with Crippen LogP contribution in [-0.4, -0.2) is 35.4 Å². The zero-order chi connectivity index (χ0) is 18.6. The summed E-state index contributed by atoms with van der Waals surface area (Å²) in [5.74, 6) is 0.415. The lowest BCUT2D eigenvalue weighted by Gasteiger charge is -2.31. The molecule has 27 heavy (non-hydrogen) atoms. The van der Waals surface area contributed by atoms with E-state index in [1.807, 2.05) is 11.4 Å². The Bertz CT molecular complexity index is 954. The molecule has 0 radical (unpaired) electrons. The van der Waals surface area contributed by atoms with Gasteiger partial charge in [-0.15, -0.1) is 22.7 Å². The maximum Gasteiger partial charge on any atom is 0.226 e. The van der Waals surface area contributed by atoms with E-state index in [9.17, 15) is 4.79 Å². The van der Waals surface area contributed by atoms with Crippen LogP contribution in [0.4, 0.5) is 5.00 Å². The largest absolute Gasteiger partial charge is 0.317 e. The molecule has 5 nitrogen and oxygen atoms in total. The summed E-state index contributed by atoms with van der Waals surface area (Å²) in [5.41, 5.74) is 1.61. The van der Waals surface area contributed by atoms with Gasteiger partial charge in [-0.3, -0.25) is 4.79 Å². The second-order valence-corrected chi connectivity index (χ2v) is 8.71. The van der Waals surface area contributed by atoms with Crippen molar-refractivity contribution in [3.63, 3.8) is 0 Å². The monoisotopic (exact) mass is 396 g/mol. The molecule has 7 heteroatoms. The van der Waals surface area contributed by atoms with Crippen LogP contribution in [0.1, 0.15) is 35.8 Å². The summed E-state index contributed by atoms with van der Waals surface area (Å²) in [6.45, 7) is 2.72. The summed E-state index contributed by atoms with van der Waals surface area (Å²) < 4.78 is 1.24. The number of amides is 1. The van der Waals surface area contributed by atoms with Crippen molar-refractivity contribution in [1.82, 2.24) is 9.88 Å². The van der Waals surface area contributed by atoms with Crippen LogP contribution in [0, 0.1) is 11.3 Å². The van der Waals surface area contributed by atoms with Gasteiger partial charge in [0.1, 0.15) is 11.1 Å². The number of nitrogens with zero attached hydrogens (tertiary/aromatic N) is 3. The number of nitrogens with one attached hydrogen (secondary N) is 1. The molecule has 3 aromatic rings. The molecular weight excluding hydrogens is 376 g/mol. The lowest BCUT2D eigenvalue weighted by molar-refractivity contribution is -0.116. The number of aromatic nitrogens is 1. The third-order valence-electron chi connectivity index (χ3n) is 4.86. The lowest BCUT2D eigenvalue weighted by atomic mass is 9.98. The topological polar surface area (TPSA) is 69.0 Å². The number of thiazole rings is 1. The van der Waals surface area contributed by atoms with Crippen LogP contribution in [0.15, 0.2) is 35.7 Å². The summed E-state index contributed by atoms with van der Waals surface area (Å²) in [5, 5.41) is 15.6. The van der Waals surface area contributed by atoms with Gasteiger partial charge in [0.2, 0.25) is 5.91 Å². The molecule has 1 aromatic carbocycles. The number of benzene rings is 1. The molecule has 3 heterocycles. The Hall–Kier alpha value is -2.27. The highest BCUT2D eigenvalue weighted by atomic mass is 32.1. The summed E-state index contributed by atoms with van der Waals surface area (Å²) in [7, 11) is 0. The highest BCUT2D eigenvalue weighted by molar-refractivity contribution is 7.18. The van der Waals surface area contributed by atoms with Crippen LogP contribution in [0.2, 0.25) is 0 Å². The number of thiophene rings is 1. The molecule has 0 saturated carbocycles. The maximum atomic E-state index is 12.2. The number of carbonyl (C=O) groups excluding carboxylic acids is 1. The first-order chi connectivity index (χ1) is 13.2. The number of fused-ring (bicyclic) bond motifs is 1. The van der Waals surface area contributed by atoms with Gasteiger partial charge in [0.15, 0.2) is 0 Å². The molecule has 1 N–H and O–H groups in total. The van der Waals surface area contributed by atoms with E-state index >= 15 is 0 Å². The fraction of sp³-hybridized carbons (Fsp3) is 0.350. The molecule has 0 aliphatic carbocycles. The van der Waals surface area contributed by atoms with Crippen molar-refractivity contribution in [2.45, 2.75) is 25.2 Å². The van der Waals surface area contributed by atoms with Crippen LogP contribution in [0.5, 0.6) is 0 Å². The van der Waals surface area contributed by atoms with Gasteiger partial charge < -0.3 is 10.2 Å². The van der Waals surface area contributed by atoms with Gasteiger partial charge in [0.05, 0.1) is 20.8 Å². The molecule has 4 rings (SSSR count). The minimum atomic E-state index is -0.0314. The minimum Gasteiger partial charge on any atom is -0.317 e. The molecule has 1 saturated heterocycles. The van der Waals surface area contributed by atoms with E-state index in [1.165, 1.54) is 21.0 Å². The number of rotatable bonds is 5. The van der Waals surface area contributed by atoms with E-state index in [2.05, 4.69) is 34.5 Å². The number of hydrogen-bond donors (Lipinski definition) is 1. The van der Waals surface area contributed by atoms with Gasteiger partial charge in [-0.1, -0.05) is 12.1 Å². The molecule has 0 bridgehead atoms. The lowest BCUT2D eigenvalue weighted by Crippen LogP contribution is -2.36. The Morgan fingerprint density at radius 3 is 3.11 bits per heavy atom. The van der Waals surface area contributed by atoms with E-state index in [1.54, 1.807) is 17.4 Å². The number of anilines is 1. The van der Waals surface area contributed by atoms with E-state index in [0.29, 0.717) is 22.9 Å². The molecule has 0 unspecified atom stereocenters. The number of piperidine rings is 1. The van der Waals surface area contributed by atoms with Gasteiger partial charge in [-0.05, 0) is 43.0 Å². The van der Waals surface area contributed by atoms with Crippen LogP contribution >= 0.6 is 22.7 Å². The predicted octanol–water partition coefficient (Wildman–Crippen LogP) is 4.44. The second kappa shape index (κ2) is 8.17. The zero-order valence-electron chi connectivity index (χ0n) is 14.9. The molecule has 1 aliphatic rings. The van der Waals surface area contributed by atoms with Crippen LogP contribution < -0.4 is 5.32 Å². The van der Waals surface area contributed by atoms with E-state index in [4.69, 9.17) is 10.2 Å². The minimum absolute atomic E-state index is 0.0314. The average molecular weight is 397 g/mol. The molecule has 2 aromatic heterocycles. The second-order valence-electron chi connectivity index (χ2n) is 6.73. The van der Waals surface area contributed by atoms with Crippen molar-refractivity contribution >= 4 is 43.8 Å². The normalized spacial score (nSPS) is 17.7. The Labute approximate surface area is 166 Å². The molecule has 138 valence electrons. The van der Waals surface area contributed by atoms with Crippen molar-refractivity contribution in [3.05, 3.63) is 46.3 Å². The van der Waals surface area contributed by atoms with Crippen molar-refractivity contribution in [2.24, 2.45) is 0 Å². The number of nitriles is 1. The third-order valence-corrected chi connectivity index (χ3v) is 6.89. The summed E-state index contributed by atoms with van der Waals surface area (Å²) in [4.78, 5) is 19.4. The van der Waals surface area contributed by atoms with Crippen LogP contribution in [-0.2, 0) is 4.79 Å². The first-order valence-corrected chi connectivity index (χ1v) is 10.8. The number of likely N-dealkylation sites (tertiary alicyclic amines) is 1. The molecule has 0 spiro atoms. The van der Waals surface area contributed by atoms with Gasteiger partial charge in [0.25, 0.3) is 0 Å². The van der Waals surface area contributed by atoms with E-state index < -0.39 is 0 Å². The summed E-state index contributed by atoms with van der Waals surface area (Å²) in [6, 6.07) is 12.1. The maximum absolute atomic E-state index is 12.2. The van der Waals surface area contributed by atoms with Crippen molar-refractivity contribution in [1.29, 1.82) is 5.26 Å². The van der Waals surface area contributed by atoms with Gasteiger partial charge in [0, 0.05) is 25.4 Å². The number of para-hydroxylation sites is 1. The molecule has 1 fully saturated rings. The fourth-order valence-corrected chi connectivity index (χ4v) is 5.31. The molecule has 1 amide bonds. The molecule has 1 atom stereocenters. The standard InChI is InChI=1S/C20H20N4OS2/c21-12-14-8-11-26-19(14)23-18(25)7-10-24-9-3-4-15(13-24)20-22-16-5-1-2-6-17(16)27-20/h1-2,5-6,8,11,15H,3-4,7,9-10,13H2,(H,23,25)/t15-/m1/s1. The highest BCUT2D eigenvalue weighted by Gasteiger charge is 2.24. The predicted molar refractivity (Wildman–Crippen MR) is 110 cm³/mol. The Morgan fingerprint density at radius 2 is 2.26 bits per heavy atom. The van der Waals surface area contributed by atoms with Gasteiger partial charge in [-0.2, -0.15) is 5.26 Å². The molecular formula is C20H20N4OS2. The zero-order valence-corrected chi connectivity index (χ0v) is 16.5. The quantitative estimate of drug-likeness (QED) is 0.692. The summed E-state index contributed by atoms with van der Waals surface area (Å²) in [6.07, 6.45) is 2.73. The van der Waals surface area contributed by atoms with Crippen molar-refractivity contribution in [2.75, 3.05) is 25.0 Å². The van der Waals surface area contributed by atoms with Gasteiger partial charge in [-0.25, -0.2) is 4.98 Å². The number of hydrogen-bond acceptors (Lipinski definition) is 6.